The van der Waals surface area contributed by atoms with Gasteiger partial charge in [0.1, 0.15) is 5.84 Å². The highest BCUT2D eigenvalue weighted by Crippen LogP contribution is 2.26. The van der Waals surface area contributed by atoms with E-state index in [1.165, 1.54) is 0 Å². The summed E-state index contributed by atoms with van der Waals surface area (Å²) >= 11 is 0. The van der Waals surface area contributed by atoms with Crippen LogP contribution in [0.1, 0.15) is 17.0 Å². The maximum absolute atomic E-state index is 9.47. The summed E-state index contributed by atoms with van der Waals surface area (Å²) in [6, 6.07) is 1.81. The van der Waals surface area contributed by atoms with Crippen LogP contribution in [-0.4, -0.2) is 48.3 Å². The Labute approximate surface area is 112 Å². The number of nitrogen functional groups attached to an aromatic ring is 1. The van der Waals surface area contributed by atoms with Gasteiger partial charge in [-0.15, -0.1) is 0 Å². The molecule has 19 heavy (non-hydrogen) atoms. The minimum atomic E-state index is -0.104. The van der Waals surface area contributed by atoms with Crippen LogP contribution in [0.4, 0.5) is 5.69 Å². The number of hydrogen-bond acceptors (Lipinski definition) is 5. The van der Waals surface area contributed by atoms with Crippen molar-refractivity contribution in [1.29, 1.82) is 5.41 Å². The SMILES string of the molecule is Cc1cc(N2CCOCC2CO)c(C(=N)N)c(C)n1. The van der Waals surface area contributed by atoms with Gasteiger partial charge in [0.25, 0.3) is 0 Å². The van der Waals surface area contributed by atoms with Gasteiger partial charge in [0.15, 0.2) is 0 Å². The van der Waals surface area contributed by atoms with Gasteiger partial charge in [-0.25, -0.2) is 0 Å². The summed E-state index contributed by atoms with van der Waals surface area (Å²) < 4.78 is 5.38. The first kappa shape index (κ1) is 13.8. The smallest absolute Gasteiger partial charge is 0.126 e. The number of pyridine rings is 1. The second-order valence-electron chi connectivity index (χ2n) is 4.76. The number of aromatic nitrogens is 1. The van der Waals surface area contributed by atoms with Crippen LogP contribution in [0.25, 0.3) is 0 Å². The summed E-state index contributed by atoms with van der Waals surface area (Å²) in [4.78, 5) is 6.42. The molecular formula is C13H20N4O2. The number of amidine groups is 1. The Balaban J connectivity index is 2.50. The summed E-state index contributed by atoms with van der Waals surface area (Å²) in [6.07, 6.45) is 0. The van der Waals surface area contributed by atoms with Gasteiger partial charge >= 0.3 is 0 Å². The summed E-state index contributed by atoms with van der Waals surface area (Å²) in [6.45, 7) is 5.53. The fraction of sp³-hybridized carbons (Fsp3) is 0.538. The van der Waals surface area contributed by atoms with E-state index in [0.717, 1.165) is 17.1 Å². The average molecular weight is 264 g/mol. The second-order valence-corrected chi connectivity index (χ2v) is 4.76. The van der Waals surface area contributed by atoms with Crippen molar-refractivity contribution in [2.45, 2.75) is 19.9 Å². The standard InChI is InChI=1S/C13H20N4O2/c1-8-5-11(12(13(14)15)9(2)16-8)17-3-4-19-7-10(17)6-18/h5,10,18H,3-4,6-7H2,1-2H3,(H3,14,15). The van der Waals surface area contributed by atoms with E-state index < -0.39 is 0 Å². The maximum atomic E-state index is 9.47. The van der Waals surface area contributed by atoms with Gasteiger partial charge < -0.3 is 20.5 Å². The summed E-state index contributed by atoms with van der Waals surface area (Å²) in [5.74, 6) is 0.00295. The van der Waals surface area contributed by atoms with Crippen LogP contribution in [0.2, 0.25) is 0 Å². The summed E-state index contributed by atoms with van der Waals surface area (Å²) in [5.41, 5.74) is 8.80. The van der Waals surface area contributed by atoms with Crippen molar-refractivity contribution in [3.8, 4) is 0 Å². The first-order valence-electron chi connectivity index (χ1n) is 6.32. The van der Waals surface area contributed by atoms with Crippen molar-refractivity contribution in [3.63, 3.8) is 0 Å². The lowest BCUT2D eigenvalue weighted by atomic mass is 10.1. The zero-order valence-electron chi connectivity index (χ0n) is 11.3. The molecule has 1 unspecified atom stereocenters. The number of morpholine rings is 1. The molecule has 0 bridgehead atoms. The Kier molecular flexibility index (Phi) is 4.01. The molecule has 0 aliphatic carbocycles. The largest absolute Gasteiger partial charge is 0.394 e. The quantitative estimate of drug-likeness (QED) is 0.534. The molecule has 2 rings (SSSR count). The predicted molar refractivity (Wildman–Crippen MR) is 73.8 cm³/mol. The lowest BCUT2D eigenvalue weighted by Gasteiger charge is -2.37. The third-order valence-electron chi connectivity index (χ3n) is 3.32. The number of nitrogens with one attached hydrogen (secondary N) is 1. The minimum Gasteiger partial charge on any atom is -0.394 e. The number of aliphatic hydroxyl groups is 1. The van der Waals surface area contributed by atoms with Crippen molar-refractivity contribution in [1.82, 2.24) is 4.98 Å². The molecule has 104 valence electrons. The van der Waals surface area contributed by atoms with Crippen molar-refractivity contribution < 1.29 is 9.84 Å². The van der Waals surface area contributed by atoms with Crippen LogP contribution in [0.3, 0.4) is 0 Å². The van der Waals surface area contributed by atoms with E-state index in [1.807, 2.05) is 19.9 Å². The molecule has 4 N–H and O–H groups in total. The third kappa shape index (κ3) is 2.69. The lowest BCUT2D eigenvalue weighted by molar-refractivity contribution is 0.0727. The number of nitrogens with two attached hydrogens (primary N) is 1. The van der Waals surface area contributed by atoms with Crippen LogP contribution in [0.15, 0.2) is 6.07 Å². The van der Waals surface area contributed by atoms with E-state index >= 15 is 0 Å². The Morgan fingerprint density at radius 3 is 3.00 bits per heavy atom. The highest BCUT2D eigenvalue weighted by atomic mass is 16.5. The molecule has 6 heteroatoms. The van der Waals surface area contributed by atoms with Crippen molar-refractivity contribution in [2.75, 3.05) is 31.3 Å². The highest BCUT2D eigenvalue weighted by Gasteiger charge is 2.26. The minimum absolute atomic E-state index is 0.00295. The molecule has 0 amide bonds. The van der Waals surface area contributed by atoms with E-state index in [9.17, 15) is 5.11 Å². The average Bonchev–Trinajstić information content (AvgIpc) is 2.37. The van der Waals surface area contributed by atoms with Crippen molar-refractivity contribution >= 4 is 11.5 Å². The molecule has 1 aromatic heterocycles. The molecule has 1 fully saturated rings. The van der Waals surface area contributed by atoms with Crippen LogP contribution < -0.4 is 10.6 Å². The number of hydrogen-bond donors (Lipinski definition) is 3. The topological polar surface area (TPSA) is 95.5 Å². The Morgan fingerprint density at radius 2 is 2.37 bits per heavy atom. The molecule has 1 atom stereocenters. The summed E-state index contributed by atoms with van der Waals surface area (Å²) in [7, 11) is 0. The Morgan fingerprint density at radius 1 is 1.63 bits per heavy atom. The number of nitrogens with zero attached hydrogens (tertiary/aromatic N) is 2. The molecule has 0 spiro atoms. The van der Waals surface area contributed by atoms with E-state index in [1.54, 1.807) is 0 Å². The van der Waals surface area contributed by atoms with Crippen LogP contribution in [-0.2, 0) is 4.74 Å². The Hall–Kier alpha value is -1.66. The number of aliphatic hydroxyl groups excluding tert-OH is 1. The first-order valence-corrected chi connectivity index (χ1v) is 6.32. The van der Waals surface area contributed by atoms with Gasteiger partial charge in [-0.3, -0.25) is 10.4 Å². The molecule has 1 saturated heterocycles. The molecule has 0 saturated carbocycles. The molecule has 6 nitrogen and oxygen atoms in total. The molecule has 0 aromatic carbocycles. The lowest BCUT2D eigenvalue weighted by Crippen LogP contribution is -2.48. The van der Waals surface area contributed by atoms with Gasteiger partial charge in [0.2, 0.25) is 0 Å². The molecule has 1 aromatic rings. The summed E-state index contributed by atoms with van der Waals surface area (Å²) in [5, 5.41) is 17.2. The normalized spacial score (nSPS) is 19.5. The van der Waals surface area contributed by atoms with Crippen LogP contribution >= 0.6 is 0 Å². The van der Waals surface area contributed by atoms with Gasteiger partial charge in [0.05, 0.1) is 42.8 Å². The predicted octanol–water partition coefficient (Wildman–Crippen LogP) is 0.180. The van der Waals surface area contributed by atoms with E-state index in [-0.39, 0.29) is 18.5 Å². The van der Waals surface area contributed by atoms with E-state index in [4.69, 9.17) is 15.9 Å². The third-order valence-corrected chi connectivity index (χ3v) is 3.32. The molecule has 1 aliphatic rings. The molecule has 0 radical (unpaired) electrons. The zero-order valence-corrected chi connectivity index (χ0v) is 11.3. The molecule has 2 heterocycles. The number of rotatable bonds is 3. The second kappa shape index (κ2) is 5.54. The van der Waals surface area contributed by atoms with Crippen LogP contribution in [0, 0.1) is 19.3 Å². The monoisotopic (exact) mass is 264 g/mol. The van der Waals surface area contributed by atoms with Gasteiger partial charge in [-0.05, 0) is 19.9 Å². The number of aryl methyl sites for hydroxylation is 2. The Bertz CT molecular complexity index is 490. The zero-order chi connectivity index (χ0) is 14.0. The molecule has 1 aliphatic heterocycles. The van der Waals surface area contributed by atoms with Gasteiger partial charge in [0, 0.05) is 12.2 Å². The van der Waals surface area contributed by atoms with Gasteiger partial charge in [-0.1, -0.05) is 0 Å². The van der Waals surface area contributed by atoms with E-state index in [2.05, 4.69) is 9.88 Å². The van der Waals surface area contributed by atoms with Crippen molar-refractivity contribution in [2.24, 2.45) is 5.73 Å². The van der Waals surface area contributed by atoms with Gasteiger partial charge in [-0.2, -0.15) is 0 Å². The number of anilines is 1. The molecular weight excluding hydrogens is 244 g/mol. The van der Waals surface area contributed by atoms with Crippen molar-refractivity contribution in [3.05, 3.63) is 23.0 Å². The van der Waals surface area contributed by atoms with E-state index in [0.29, 0.717) is 25.3 Å². The fourth-order valence-corrected chi connectivity index (χ4v) is 2.49. The first-order chi connectivity index (χ1) is 9.04. The number of ether oxygens (including phenoxy) is 1. The maximum Gasteiger partial charge on any atom is 0.126 e. The fourth-order valence-electron chi connectivity index (χ4n) is 2.49. The highest BCUT2D eigenvalue weighted by molar-refractivity contribution is 6.01. The van der Waals surface area contributed by atoms with Crippen LogP contribution in [0.5, 0.6) is 0 Å².